The van der Waals surface area contributed by atoms with Crippen LogP contribution in [0.4, 0.5) is 10.1 Å². The number of nitrogens with two attached hydrogens (primary N) is 1. The number of rotatable bonds is 9. The van der Waals surface area contributed by atoms with Crippen molar-refractivity contribution in [3.8, 4) is 5.75 Å². The number of fused-ring (bicyclic) bond motifs is 4. The number of ether oxygens (including phenoxy) is 3. The first-order chi connectivity index (χ1) is 21.9. The second-order valence-corrected chi connectivity index (χ2v) is 16.2. The molecule has 1 heterocycles. The van der Waals surface area contributed by atoms with Gasteiger partial charge in [0.1, 0.15) is 23.8 Å². The van der Waals surface area contributed by atoms with Gasteiger partial charge in [0.2, 0.25) is 5.91 Å². The SMILES string of the molecule is CC(C)Oc1ccc(CN2C(=O)[C@@H](N)CS(=O)(=O)c3cc(F)c(C(=O)NC45CCC(OCC(=O)OC(C)(C)C)(CC4)CC5)cc32)cc1. The highest BCUT2D eigenvalue weighted by molar-refractivity contribution is 7.91. The molecule has 3 fully saturated rings. The maximum Gasteiger partial charge on any atom is 0.332 e. The van der Waals surface area contributed by atoms with Crippen molar-refractivity contribution in [3.05, 3.63) is 53.3 Å². The lowest BCUT2D eigenvalue weighted by Crippen LogP contribution is -2.59. The summed E-state index contributed by atoms with van der Waals surface area (Å²) in [5.74, 6) is -2.88. The molecule has 2 aromatic carbocycles. The van der Waals surface area contributed by atoms with Crippen LogP contribution in [0, 0.1) is 5.82 Å². The first-order valence-corrected chi connectivity index (χ1v) is 17.6. The van der Waals surface area contributed by atoms with Crippen LogP contribution in [-0.4, -0.2) is 67.4 Å². The van der Waals surface area contributed by atoms with E-state index in [1.807, 2.05) is 13.8 Å². The molecule has 3 aliphatic carbocycles. The van der Waals surface area contributed by atoms with Crippen molar-refractivity contribution < 1.29 is 41.4 Å². The number of nitrogens with one attached hydrogen (secondary N) is 1. The van der Waals surface area contributed by atoms with Crippen molar-refractivity contribution in [3.63, 3.8) is 0 Å². The lowest BCUT2D eigenvalue weighted by molar-refractivity contribution is -0.175. The average molecular weight is 674 g/mol. The number of anilines is 1. The number of sulfone groups is 1. The maximum atomic E-state index is 15.6. The molecule has 2 aromatic rings. The molecule has 2 bridgehead atoms. The number of benzene rings is 2. The van der Waals surface area contributed by atoms with Crippen molar-refractivity contribution >= 4 is 33.3 Å². The Hall–Kier alpha value is -3.55. The Morgan fingerprint density at radius 3 is 2.26 bits per heavy atom. The van der Waals surface area contributed by atoms with E-state index in [-0.39, 0.29) is 30.5 Å². The van der Waals surface area contributed by atoms with Gasteiger partial charge in [-0.3, -0.25) is 9.59 Å². The molecule has 1 atom stereocenters. The molecule has 0 radical (unpaired) electrons. The summed E-state index contributed by atoms with van der Waals surface area (Å²) in [6.45, 7) is 8.95. The van der Waals surface area contributed by atoms with Crippen molar-refractivity contribution in [1.29, 1.82) is 0 Å². The third-order valence-electron chi connectivity index (χ3n) is 9.01. The fraction of sp³-hybridized carbons (Fsp3) is 0.559. The van der Waals surface area contributed by atoms with Gasteiger partial charge in [-0.05, 0) is 103 Å². The highest BCUT2D eigenvalue weighted by Gasteiger charge is 2.50. The summed E-state index contributed by atoms with van der Waals surface area (Å²) in [6, 6.07) is 7.54. The predicted octanol–water partition coefficient (Wildman–Crippen LogP) is 4.19. The average Bonchev–Trinajstić information content (AvgIpc) is 3.05. The number of nitrogens with zero attached hydrogens (tertiary/aromatic N) is 1. The standard InChI is InChI=1S/C34H44FN3O8S/c1-21(2)45-23-8-6-22(7-9-23)18-38-27-16-24(25(35)17-28(27)47(42,43)20-26(36)31(38)41)30(40)37-33-10-13-34(14-11-33,15-12-33)44-19-29(39)46-32(3,4)5/h6-9,16-17,21,26H,10-15,18-20,36H2,1-5H3,(H,37,40)/t26-,33?,34?/m0/s1. The molecule has 6 rings (SSSR count). The highest BCUT2D eigenvalue weighted by Crippen LogP contribution is 2.49. The van der Waals surface area contributed by atoms with E-state index in [1.165, 1.54) is 4.90 Å². The van der Waals surface area contributed by atoms with E-state index < -0.39 is 66.9 Å². The van der Waals surface area contributed by atoms with Crippen LogP contribution in [0.2, 0.25) is 0 Å². The Kier molecular flexibility index (Phi) is 9.48. The summed E-state index contributed by atoms with van der Waals surface area (Å²) >= 11 is 0. The molecule has 0 spiro atoms. The number of amides is 2. The zero-order chi connectivity index (χ0) is 34.4. The van der Waals surface area contributed by atoms with Crippen LogP contribution in [0.5, 0.6) is 5.75 Å². The van der Waals surface area contributed by atoms with Gasteiger partial charge in [-0.15, -0.1) is 0 Å². The van der Waals surface area contributed by atoms with Crippen LogP contribution in [0.15, 0.2) is 41.3 Å². The van der Waals surface area contributed by atoms with Crippen molar-refractivity contribution in [2.75, 3.05) is 17.3 Å². The van der Waals surface area contributed by atoms with Gasteiger partial charge in [-0.25, -0.2) is 17.6 Å². The number of carbonyl (C=O) groups excluding carboxylic acids is 3. The molecule has 1 aliphatic heterocycles. The predicted molar refractivity (Wildman–Crippen MR) is 172 cm³/mol. The topological polar surface area (TPSA) is 154 Å². The van der Waals surface area contributed by atoms with E-state index in [0.29, 0.717) is 49.8 Å². The minimum Gasteiger partial charge on any atom is -0.491 e. The molecule has 2 amide bonds. The molecule has 0 saturated heterocycles. The van der Waals surface area contributed by atoms with E-state index in [2.05, 4.69) is 5.32 Å². The van der Waals surface area contributed by atoms with Crippen molar-refractivity contribution in [2.24, 2.45) is 5.73 Å². The number of halogens is 1. The van der Waals surface area contributed by atoms with Gasteiger partial charge in [0, 0.05) is 5.54 Å². The van der Waals surface area contributed by atoms with Gasteiger partial charge in [-0.1, -0.05) is 12.1 Å². The quantitative estimate of drug-likeness (QED) is 0.373. The van der Waals surface area contributed by atoms with Crippen LogP contribution in [0.3, 0.4) is 0 Å². The van der Waals surface area contributed by atoms with E-state index in [1.54, 1.807) is 45.0 Å². The van der Waals surface area contributed by atoms with Crippen LogP contribution in [0.25, 0.3) is 0 Å². The number of hydrogen-bond donors (Lipinski definition) is 2. The number of hydrogen-bond acceptors (Lipinski definition) is 9. The van der Waals surface area contributed by atoms with Crippen molar-refractivity contribution in [2.45, 2.75) is 113 Å². The van der Waals surface area contributed by atoms with Crippen LogP contribution >= 0.6 is 0 Å². The van der Waals surface area contributed by atoms with Crippen LogP contribution < -0.4 is 20.7 Å². The largest absolute Gasteiger partial charge is 0.491 e. The summed E-state index contributed by atoms with van der Waals surface area (Å²) in [5.41, 5.74) is 4.49. The van der Waals surface area contributed by atoms with Gasteiger partial charge in [0.15, 0.2) is 9.84 Å². The summed E-state index contributed by atoms with van der Waals surface area (Å²) in [7, 11) is -4.16. The Balaban J connectivity index is 1.36. The summed E-state index contributed by atoms with van der Waals surface area (Å²) in [4.78, 5) is 40.2. The second-order valence-electron chi connectivity index (χ2n) is 14.2. The minimum atomic E-state index is -4.16. The van der Waals surface area contributed by atoms with E-state index >= 15 is 4.39 Å². The number of carbonyl (C=O) groups is 3. The zero-order valence-corrected chi connectivity index (χ0v) is 28.4. The molecule has 256 valence electrons. The Morgan fingerprint density at radius 1 is 1.06 bits per heavy atom. The monoisotopic (exact) mass is 673 g/mol. The minimum absolute atomic E-state index is 0.0376. The summed E-state index contributed by atoms with van der Waals surface area (Å²) in [6.07, 6.45) is 3.44. The Morgan fingerprint density at radius 2 is 1.68 bits per heavy atom. The van der Waals surface area contributed by atoms with Gasteiger partial charge < -0.3 is 30.2 Å². The maximum absolute atomic E-state index is 15.6. The third kappa shape index (κ3) is 7.79. The molecule has 3 N–H and O–H groups in total. The Labute approximate surface area is 275 Å². The molecule has 3 saturated carbocycles. The second kappa shape index (κ2) is 12.8. The molecular weight excluding hydrogens is 629 g/mol. The van der Waals surface area contributed by atoms with Gasteiger partial charge in [-0.2, -0.15) is 0 Å². The first-order valence-electron chi connectivity index (χ1n) is 16.0. The van der Waals surface area contributed by atoms with E-state index in [9.17, 15) is 22.8 Å². The zero-order valence-electron chi connectivity index (χ0n) is 27.6. The first kappa shape index (κ1) is 34.8. The molecule has 11 nitrogen and oxygen atoms in total. The molecular formula is C34H44FN3O8S. The summed E-state index contributed by atoms with van der Waals surface area (Å²) < 4.78 is 59.2. The normalized spacial score (nSPS) is 25.2. The fourth-order valence-corrected chi connectivity index (χ4v) is 8.20. The van der Waals surface area contributed by atoms with E-state index in [0.717, 1.165) is 12.1 Å². The molecule has 0 aromatic heterocycles. The highest BCUT2D eigenvalue weighted by atomic mass is 32.2. The van der Waals surface area contributed by atoms with Gasteiger partial charge >= 0.3 is 5.97 Å². The molecule has 0 unspecified atom stereocenters. The lowest BCUT2D eigenvalue weighted by Gasteiger charge is -2.53. The fourth-order valence-electron chi connectivity index (χ4n) is 6.63. The summed E-state index contributed by atoms with van der Waals surface area (Å²) in [5, 5.41) is 3.02. The van der Waals surface area contributed by atoms with Crippen LogP contribution in [-0.2, 0) is 35.4 Å². The smallest absolute Gasteiger partial charge is 0.332 e. The number of esters is 1. The van der Waals surface area contributed by atoms with Gasteiger partial charge in [0.05, 0.1) is 46.2 Å². The van der Waals surface area contributed by atoms with Gasteiger partial charge in [0.25, 0.3) is 5.91 Å². The lowest BCUT2D eigenvalue weighted by atomic mass is 9.63. The molecule has 47 heavy (non-hydrogen) atoms. The van der Waals surface area contributed by atoms with Crippen LogP contribution in [0.1, 0.15) is 89.1 Å². The molecule has 13 heteroatoms. The molecule has 4 aliphatic rings. The van der Waals surface area contributed by atoms with E-state index in [4.69, 9.17) is 19.9 Å². The van der Waals surface area contributed by atoms with Crippen molar-refractivity contribution in [1.82, 2.24) is 5.32 Å². The Bertz CT molecular complexity index is 1630. The third-order valence-corrected chi connectivity index (χ3v) is 10.8.